The van der Waals surface area contributed by atoms with E-state index in [1.165, 1.54) is 12.4 Å². The molecule has 0 saturated heterocycles. The Kier molecular flexibility index (Phi) is 4.01. The minimum absolute atomic E-state index is 0.0995. The number of benzene rings is 1. The second-order valence-electron chi connectivity index (χ2n) is 4.17. The normalized spacial score (nSPS) is 11.4. The van der Waals surface area contributed by atoms with Crippen LogP contribution in [0.4, 0.5) is 4.39 Å². The quantitative estimate of drug-likeness (QED) is 0.924. The molecule has 6 heteroatoms. The average molecular weight is 270 g/mol. The maximum Gasteiger partial charge on any atom is 0.251 e. The van der Waals surface area contributed by atoms with Crippen LogP contribution < -0.4 is 5.32 Å². The van der Waals surface area contributed by atoms with E-state index in [-0.39, 0.29) is 17.2 Å². The molecule has 20 heavy (non-hydrogen) atoms. The summed E-state index contributed by atoms with van der Waals surface area (Å²) in [5, 5.41) is 11.4. The predicted molar refractivity (Wildman–Crippen MR) is 69.0 cm³/mol. The van der Waals surface area contributed by atoms with Gasteiger partial charge in [0.2, 0.25) is 0 Å². The highest BCUT2D eigenvalue weighted by Gasteiger charge is 2.13. The summed E-state index contributed by atoms with van der Waals surface area (Å²) >= 11 is 0. The van der Waals surface area contributed by atoms with Crippen molar-refractivity contribution in [3.63, 3.8) is 0 Å². The van der Waals surface area contributed by atoms with Crippen molar-refractivity contribution >= 4 is 5.91 Å². The molecule has 1 aromatic carbocycles. The summed E-state index contributed by atoms with van der Waals surface area (Å²) < 4.78 is 13.3. The number of nitrogens with one attached hydrogen (secondary N) is 1. The van der Waals surface area contributed by atoms with Crippen LogP contribution in [0, 0.1) is 17.1 Å². The van der Waals surface area contributed by atoms with E-state index in [1.54, 1.807) is 19.2 Å². The number of nitrogens with zero attached hydrogens (tertiary/aromatic N) is 3. The molecule has 1 N–H and O–H groups in total. The first kappa shape index (κ1) is 13.6. The molecule has 1 atom stereocenters. The molecule has 1 aromatic heterocycles. The number of halogens is 1. The summed E-state index contributed by atoms with van der Waals surface area (Å²) in [6.45, 7) is 1.75. The minimum Gasteiger partial charge on any atom is -0.344 e. The topological polar surface area (TPSA) is 78.7 Å². The van der Waals surface area contributed by atoms with Crippen LogP contribution in [0.25, 0.3) is 0 Å². The molecule has 0 fully saturated rings. The molecule has 100 valence electrons. The largest absolute Gasteiger partial charge is 0.344 e. The van der Waals surface area contributed by atoms with Crippen molar-refractivity contribution in [1.82, 2.24) is 15.3 Å². The molecule has 0 saturated carbocycles. The number of carbonyl (C=O) groups is 1. The van der Waals surface area contributed by atoms with Gasteiger partial charge in [-0.1, -0.05) is 0 Å². The second kappa shape index (κ2) is 5.89. The van der Waals surface area contributed by atoms with E-state index in [0.29, 0.717) is 5.69 Å². The zero-order chi connectivity index (χ0) is 14.5. The Morgan fingerprint density at radius 1 is 1.45 bits per heavy atom. The van der Waals surface area contributed by atoms with Crippen molar-refractivity contribution < 1.29 is 9.18 Å². The summed E-state index contributed by atoms with van der Waals surface area (Å²) in [6.07, 6.45) is 2.95. The molecule has 1 unspecified atom stereocenters. The molecule has 0 aliphatic carbocycles. The Morgan fingerprint density at radius 2 is 2.25 bits per heavy atom. The van der Waals surface area contributed by atoms with Gasteiger partial charge >= 0.3 is 0 Å². The fraction of sp³-hybridized carbons (Fsp3) is 0.143. The van der Waals surface area contributed by atoms with Gasteiger partial charge in [-0.2, -0.15) is 5.26 Å². The van der Waals surface area contributed by atoms with Crippen molar-refractivity contribution in [2.75, 3.05) is 0 Å². The van der Waals surface area contributed by atoms with Crippen LogP contribution in [0.5, 0.6) is 0 Å². The van der Waals surface area contributed by atoms with Gasteiger partial charge in [0.25, 0.3) is 5.91 Å². The van der Waals surface area contributed by atoms with Gasteiger partial charge in [-0.25, -0.2) is 14.4 Å². The molecule has 2 rings (SSSR count). The first-order valence-corrected chi connectivity index (χ1v) is 5.87. The molecule has 1 heterocycles. The van der Waals surface area contributed by atoms with Crippen LogP contribution >= 0.6 is 0 Å². The number of nitriles is 1. The van der Waals surface area contributed by atoms with Crippen molar-refractivity contribution in [1.29, 1.82) is 5.26 Å². The Balaban J connectivity index is 2.17. The van der Waals surface area contributed by atoms with Crippen LogP contribution in [0.15, 0.2) is 36.8 Å². The van der Waals surface area contributed by atoms with Gasteiger partial charge in [0, 0.05) is 11.8 Å². The number of carbonyl (C=O) groups excluding carboxylic acids is 1. The van der Waals surface area contributed by atoms with Crippen molar-refractivity contribution in [2.24, 2.45) is 0 Å². The first-order chi connectivity index (χ1) is 9.60. The fourth-order valence-corrected chi connectivity index (χ4v) is 1.70. The maximum absolute atomic E-state index is 13.3. The van der Waals surface area contributed by atoms with E-state index in [1.807, 2.05) is 6.07 Å². The monoisotopic (exact) mass is 270 g/mol. The van der Waals surface area contributed by atoms with Crippen LogP contribution in [0.3, 0.4) is 0 Å². The van der Waals surface area contributed by atoms with E-state index >= 15 is 0 Å². The molecule has 0 bridgehead atoms. The molecular formula is C14H11FN4O. The lowest BCUT2D eigenvalue weighted by Crippen LogP contribution is -2.27. The lowest BCUT2D eigenvalue weighted by atomic mass is 10.1. The fourth-order valence-electron chi connectivity index (χ4n) is 1.70. The Morgan fingerprint density at radius 3 is 2.90 bits per heavy atom. The predicted octanol–water partition coefficient (Wildman–Crippen LogP) is 1.98. The Labute approximate surface area is 115 Å². The van der Waals surface area contributed by atoms with Crippen molar-refractivity contribution in [3.05, 3.63) is 59.4 Å². The van der Waals surface area contributed by atoms with Crippen LogP contribution in [-0.2, 0) is 0 Å². The van der Waals surface area contributed by atoms with E-state index < -0.39 is 11.7 Å². The highest BCUT2D eigenvalue weighted by molar-refractivity contribution is 5.94. The smallest absolute Gasteiger partial charge is 0.251 e. The molecule has 5 nitrogen and oxygen atoms in total. The first-order valence-electron chi connectivity index (χ1n) is 5.87. The maximum atomic E-state index is 13.3. The van der Waals surface area contributed by atoms with Crippen LogP contribution in [-0.4, -0.2) is 15.9 Å². The highest BCUT2D eigenvalue weighted by Crippen LogP contribution is 2.12. The van der Waals surface area contributed by atoms with E-state index in [4.69, 9.17) is 5.26 Å². The molecular weight excluding hydrogens is 259 g/mol. The average Bonchev–Trinajstić information content (AvgIpc) is 2.47. The van der Waals surface area contributed by atoms with Gasteiger partial charge in [0.05, 0.1) is 23.4 Å². The Bertz CT molecular complexity index is 667. The van der Waals surface area contributed by atoms with Gasteiger partial charge in [0.15, 0.2) is 0 Å². The lowest BCUT2D eigenvalue weighted by Gasteiger charge is -2.13. The van der Waals surface area contributed by atoms with E-state index in [9.17, 15) is 9.18 Å². The number of hydrogen-bond donors (Lipinski definition) is 1. The standard InChI is InChI=1S/C14H11FN4O/c1-9(13-2-3-17-8-18-13)19-14(20)11-4-10(7-16)5-12(15)6-11/h2-6,8-9H,1H3,(H,19,20). The third-order valence-corrected chi connectivity index (χ3v) is 2.69. The molecule has 0 aliphatic rings. The van der Waals surface area contributed by atoms with E-state index in [2.05, 4.69) is 15.3 Å². The van der Waals surface area contributed by atoms with Gasteiger partial charge < -0.3 is 5.32 Å². The zero-order valence-corrected chi connectivity index (χ0v) is 10.7. The number of hydrogen-bond acceptors (Lipinski definition) is 4. The number of aromatic nitrogens is 2. The lowest BCUT2D eigenvalue weighted by molar-refractivity contribution is 0.0938. The minimum atomic E-state index is -0.621. The van der Waals surface area contributed by atoms with Gasteiger partial charge in [-0.3, -0.25) is 4.79 Å². The molecule has 0 radical (unpaired) electrons. The van der Waals surface area contributed by atoms with Crippen molar-refractivity contribution in [3.8, 4) is 6.07 Å². The second-order valence-corrected chi connectivity index (χ2v) is 4.17. The van der Waals surface area contributed by atoms with Gasteiger partial charge in [0.1, 0.15) is 12.1 Å². The van der Waals surface area contributed by atoms with Gasteiger partial charge in [-0.15, -0.1) is 0 Å². The molecule has 1 amide bonds. The number of rotatable bonds is 3. The molecule has 0 spiro atoms. The highest BCUT2D eigenvalue weighted by atomic mass is 19.1. The summed E-state index contributed by atoms with van der Waals surface area (Å²) in [5.74, 6) is -1.09. The summed E-state index contributed by atoms with van der Waals surface area (Å²) in [6, 6.07) is 6.64. The molecule has 2 aromatic rings. The molecule has 0 aliphatic heterocycles. The SMILES string of the molecule is CC(NC(=O)c1cc(F)cc(C#N)c1)c1ccncn1. The summed E-state index contributed by atoms with van der Waals surface area (Å²) in [7, 11) is 0. The van der Waals surface area contributed by atoms with Gasteiger partial charge in [-0.05, 0) is 31.2 Å². The summed E-state index contributed by atoms with van der Waals surface area (Å²) in [4.78, 5) is 19.8. The van der Waals surface area contributed by atoms with Crippen LogP contribution in [0.1, 0.15) is 34.6 Å². The van der Waals surface area contributed by atoms with E-state index in [0.717, 1.165) is 12.1 Å². The van der Waals surface area contributed by atoms with Crippen molar-refractivity contribution in [2.45, 2.75) is 13.0 Å². The summed E-state index contributed by atoms with van der Waals surface area (Å²) in [5.41, 5.74) is 0.845. The third-order valence-electron chi connectivity index (χ3n) is 2.69. The zero-order valence-electron chi connectivity index (χ0n) is 10.7. The van der Waals surface area contributed by atoms with Crippen LogP contribution in [0.2, 0.25) is 0 Å². The Hall–Kier alpha value is -2.81. The third kappa shape index (κ3) is 3.14. The number of amides is 1.